The van der Waals surface area contributed by atoms with Crippen molar-refractivity contribution in [3.8, 4) is 11.5 Å². The van der Waals surface area contributed by atoms with E-state index in [1.807, 2.05) is 0 Å². The van der Waals surface area contributed by atoms with E-state index in [1.165, 1.54) is 42.5 Å². The molecule has 12 heteroatoms. The van der Waals surface area contributed by atoms with Crippen LogP contribution < -0.4 is 9.47 Å². The standard InChI is InChI=1S/C22H18N2O9S/c1-2-32-18-9-13(3-8-17(18)33-12-20(26)27)10-19-21(28)23(22(29)34-19)11-16(25)14-4-6-15(7-5-14)24(30)31/h3-10H,2,11-12H2,1H3,(H,26,27)/b19-10-. The van der Waals surface area contributed by atoms with E-state index in [4.69, 9.17) is 14.6 Å². The van der Waals surface area contributed by atoms with Crippen molar-refractivity contribution in [1.82, 2.24) is 4.90 Å². The molecule has 1 N–H and O–H groups in total. The van der Waals surface area contributed by atoms with E-state index in [9.17, 15) is 29.3 Å². The van der Waals surface area contributed by atoms with Crippen molar-refractivity contribution in [2.75, 3.05) is 19.8 Å². The highest BCUT2D eigenvalue weighted by Gasteiger charge is 2.36. The highest BCUT2D eigenvalue weighted by atomic mass is 32.2. The van der Waals surface area contributed by atoms with Gasteiger partial charge in [0.1, 0.15) is 0 Å². The van der Waals surface area contributed by atoms with Gasteiger partial charge in [-0.25, -0.2) is 4.79 Å². The lowest BCUT2D eigenvalue weighted by Crippen LogP contribution is -2.33. The van der Waals surface area contributed by atoms with Gasteiger partial charge in [-0.15, -0.1) is 0 Å². The van der Waals surface area contributed by atoms with Crippen LogP contribution in [0.15, 0.2) is 47.4 Å². The number of nitro benzene ring substituents is 1. The number of non-ortho nitro benzene ring substituents is 1. The second-order valence-corrected chi connectivity index (χ2v) is 7.81. The van der Waals surface area contributed by atoms with Gasteiger partial charge >= 0.3 is 5.97 Å². The Morgan fingerprint density at radius 2 is 1.82 bits per heavy atom. The number of carbonyl (C=O) groups is 4. The number of nitrogens with zero attached hydrogens (tertiary/aromatic N) is 2. The highest BCUT2D eigenvalue weighted by molar-refractivity contribution is 8.18. The number of thioether (sulfide) groups is 1. The number of aliphatic carboxylic acids is 1. The molecule has 0 unspecified atom stereocenters. The lowest BCUT2D eigenvalue weighted by Gasteiger charge is -2.12. The summed E-state index contributed by atoms with van der Waals surface area (Å²) in [4.78, 5) is 59.3. The van der Waals surface area contributed by atoms with Crippen LogP contribution in [-0.4, -0.2) is 57.6 Å². The van der Waals surface area contributed by atoms with Crippen LogP contribution in [0, 0.1) is 10.1 Å². The van der Waals surface area contributed by atoms with Crippen molar-refractivity contribution in [2.24, 2.45) is 0 Å². The minimum absolute atomic E-state index is 0.0863. The van der Waals surface area contributed by atoms with Gasteiger partial charge in [0.2, 0.25) is 0 Å². The van der Waals surface area contributed by atoms with Crippen molar-refractivity contribution in [3.05, 3.63) is 68.6 Å². The zero-order valence-corrected chi connectivity index (χ0v) is 18.6. The molecule has 1 saturated heterocycles. The number of amides is 2. The van der Waals surface area contributed by atoms with Crippen molar-refractivity contribution in [1.29, 1.82) is 0 Å². The van der Waals surface area contributed by atoms with Gasteiger partial charge in [0, 0.05) is 17.7 Å². The number of rotatable bonds is 10. The summed E-state index contributed by atoms with van der Waals surface area (Å²) in [5, 5.41) is 18.9. The lowest BCUT2D eigenvalue weighted by molar-refractivity contribution is -0.384. The number of nitro groups is 1. The zero-order valence-electron chi connectivity index (χ0n) is 17.8. The Hall–Kier alpha value is -4.19. The quantitative estimate of drug-likeness (QED) is 0.229. The molecule has 0 atom stereocenters. The third-order valence-electron chi connectivity index (χ3n) is 4.49. The van der Waals surface area contributed by atoms with Crippen molar-refractivity contribution < 1.29 is 38.7 Å². The predicted octanol–water partition coefficient (Wildman–Crippen LogP) is 3.38. The van der Waals surface area contributed by atoms with Crippen molar-refractivity contribution in [3.63, 3.8) is 0 Å². The zero-order chi connectivity index (χ0) is 24.8. The molecule has 2 amide bonds. The monoisotopic (exact) mass is 486 g/mol. The van der Waals surface area contributed by atoms with Crippen molar-refractivity contribution in [2.45, 2.75) is 6.92 Å². The fraction of sp³-hybridized carbons (Fsp3) is 0.182. The number of carboxylic acids is 1. The maximum absolute atomic E-state index is 12.7. The van der Waals surface area contributed by atoms with Crippen LogP contribution in [0.3, 0.4) is 0 Å². The lowest BCUT2D eigenvalue weighted by atomic mass is 10.1. The van der Waals surface area contributed by atoms with Crippen LogP contribution in [0.25, 0.3) is 6.08 Å². The molecule has 34 heavy (non-hydrogen) atoms. The molecule has 2 aromatic rings. The molecule has 1 aliphatic heterocycles. The van der Waals surface area contributed by atoms with E-state index >= 15 is 0 Å². The molecule has 176 valence electrons. The fourth-order valence-electron chi connectivity index (χ4n) is 2.93. The number of benzene rings is 2. The van der Waals surface area contributed by atoms with Gasteiger partial charge in [-0.2, -0.15) is 0 Å². The largest absolute Gasteiger partial charge is 0.490 e. The number of carboxylic acid groups (broad SMARTS) is 1. The third kappa shape index (κ3) is 5.78. The number of hydrogen-bond donors (Lipinski definition) is 1. The first-order valence-corrected chi connectivity index (χ1v) is 10.7. The molecule has 3 rings (SSSR count). The minimum atomic E-state index is -1.15. The third-order valence-corrected chi connectivity index (χ3v) is 5.40. The van der Waals surface area contributed by atoms with Gasteiger partial charge in [0.15, 0.2) is 23.9 Å². The smallest absolute Gasteiger partial charge is 0.341 e. The van der Waals surface area contributed by atoms with E-state index in [-0.39, 0.29) is 34.3 Å². The summed E-state index contributed by atoms with van der Waals surface area (Å²) in [6, 6.07) is 9.45. The number of ketones is 1. The average Bonchev–Trinajstić information content (AvgIpc) is 3.06. The second kappa shape index (κ2) is 10.6. The Bertz CT molecular complexity index is 1190. The second-order valence-electron chi connectivity index (χ2n) is 6.82. The van der Waals surface area contributed by atoms with Crippen LogP contribution in [0.4, 0.5) is 10.5 Å². The topological polar surface area (TPSA) is 153 Å². The number of carbonyl (C=O) groups excluding carboxylic acids is 3. The average molecular weight is 486 g/mol. The van der Waals surface area contributed by atoms with E-state index < -0.39 is 41.0 Å². The van der Waals surface area contributed by atoms with Gasteiger partial charge < -0.3 is 14.6 Å². The number of ether oxygens (including phenoxy) is 2. The Balaban J connectivity index is 1.76. The van der Waals surface area contributed by atoms with Gasteiger partial charge in [-0.1, -0.05) is 6.07 Å². The molecular formula is C22H18N2O9S. The van der Waals surface area contributed by atoms with Gasteiger partial charge in [-0.05, 0) is 54.6 Å². The molecule has 1 aliphatic rings. The first kappa shape index (κ1) is 24.5. The Labute approximate surface area is 197 Å². The van der Waals surface area contributed by atoms with Crippen LogP contribution in [0.5, 0.6) is 11.5 Å². The Kier molecular flexibility index (Phi) is 7.64. The number of Topliss-reactive ketones (excluding diaryl/α,β-unsaturated/α-hetero) is 1. The van der Waals surface area contributed by atoms with Crippen LogP contribution >= 0.6 is 11.8 Å². The molecule has 0 radical (unpaired) electrons. The normalized spacial score (nSPS) is 14.4. The summed E-state index contributed by atoms with van der Waals surface area (Å²) in [6.45, 7) is 0.961. The van der Waals surface area contributed by atoms with Crippen molar-refractivity contribution >= 4 is 46.4 Å². The molecule has 1 fully saturated rings. The molecule has 0 saturated carbocycles. The molecule has 2 aromatic carbocycles. The minimum Gasteiger partial charge on any atom is -0.490 e. The highest BCUT2D eigenvalue weighted by Crippen LogP contribution is 2.35. The molecule has 0 spiro atoms. The van der Waals surface area contributed by atoms with E-state index in [0.29, 0.717) is 17.3 Å². The van der Waals surface area contributed by atoms with Gasteiger partial charge in [-0.3, -0.25) is 29.4 Å². The summed E-state index contributed by atoms with van der Waals surface area (Å²) in [5.74, 6) is -1.87. The molecule has 0 aliphatic carbocycles. The van der Waals surface area contributed by atoms with E-state index in [0.717, 1.165) is 4.90 Å². The summed E-state index contributed by atoms with van der Waals surface area (Å²) in [6.07, 6.45) is 1.45. The summed E-state index contributed by atoms with van der Waals surface area (Å²) < 4.78 is 10.6. The predicted molar refractivity (Wildman–Crippen MR) is 121 cm³/mol. The van der Waals surface area contributed by atoms with E-state index in [1.54, 1.807) is 13.0 Å². The number of hydrogen-bond acceptors (Lipinski definition) is 9. The summed E-state index contributed by atoms with van der Waals surface area (Å²) in [5.41, 5.74) is 0.446. The molecule has 0 bridgehead atoms. The van der Waals surface area contributed by atoms with Crippen LogP contribution in [0.2, 0.25) is 0 Å². The molecular weight excluding hydrogens is 468 g/mol. The van der Waals surface area contributed by atoms with Gasteiger partial charge in [0.25, 0.3) is 16.8 Å². The van der Waals surface area contributed by atoms with Crippen LogP contribution in [-0.2, 0) is 9.59 Å². The first-order valence-electron chi connectivity index (χ1n) is 9.84. The van der Waals surface area contributed by atoms with Gasteiger partial charge in [0.05, 0.1) is 23.0 Å². The summed E-state index contributed by atoms with van der Waals surface area (Å²) >= 11 is 0.665. The Morgan fingerprint density at radius 3 is 2.44 bits per heavy atom. The Morgan fingerprint density at radius 1 is 1.12 bits per heavy atom. The first-order chi connectivity index (χ1) is 16.2. The molecule has 0 aromatic heterocycles. The van der Waals surface area contributed by atoms with E-state index in [2.05, 4.69) is 0 Å². The van der Waals surface area contributed by atoms with Crippen LogP contribution in [0.1, 0.15) is 22.8 Å². The number of imide groups is 1. The molecule has 11 nitrogen and oxygen atoms in total. The maximum atomic E-state index is 12.7. The maximum Gasteiger partial charge on any atom is 0.341 e. The SMILES string of the molecule is CCOc1cc(/C=C2\SC(=O)N(CC(=O)c3ccc([N+](=O)[O-])cc3)C2=O)ccc1OCC(=O)O. The fourth-order valence-corrected chi connectivity index (χ4v) is 3.77. The summed E-state index contributed by atoms with van der Waals surface area (Å²) in [7, 11) is 0. The molecule has 1 heterocycles.